The van der Waals surface area contributed by atoms with Crippen LogP contribution in [0.3, 0.4) is 0 Å². The van der Waals surface area contributed by atoms with E-state index in [-0.39, 0.29) is 18.6 Å². The van der Waals surface area contributed by atoms with Gasteiger partial charge in [-0.3, -0.25) is 4.79 Å². The van der Waals surface area contributed by atoms with Gasteiger partial charge >= 0.3 is 0 Å². The number of carbonyl (C=O) groups is 1. The summed E-state index contributed by atoms with van der Waals surface area (Å²) < 4.78 is 16.7. The SMILES string of the molecule is COCC(=O)N1CCN(C2=Nc3ccc(C)cc3Oc3cc(OC)ccc32)CC1C. The van der Waals surface area contributed by atoms with Crippen molar-refractivity contribution < 1.29 is 19.0 Å². The number of amides is 1. The Morgan fingerprint density at radius 1 is 1.17 bits per heavy atom. The van der Waals surface area contributed by atoms with E-state index in [0.29, 0.717) is 25.4 Å². The molecule has 1 fully saturated rings. The number of hydrogen-bond acceptors (Lipinski definition) is 6. The minimum absolute atomic E-state index is 0.0155. The number of fused-ring (bicyclic) bond motifs is 2. The molecule has 2 aromatic carbocycles. The third-order valence-electron chi connectivity index (χ3n) is 5.51. The molecule has 2 aliphatic rings. The zero-order valence-corrected chi connectivity index (χ0v) is 17.8. The molecule has 7 nitrogen and oxygen atoms in total. The summed E-state index contributed by atoms with van der Waals surface area (Å²) in [6.45, 7) is 6.18. The molecule has 2 heterocycles. The normalized spacial score (nSPS) is 18.0. The predicted molar refractivity (Wildman–Crippen MR) is 115 cm³/mol. The van der Waals surface area contributed by atoms with Crippen LogP contribution >= 0.6 is 0 Å². The Morgan fingerprint density at radius 2 is 2.00 bits per heavy atom. The predicted octanol–water partition coefficient (Wildman–Crippen LogP) is 3.37. The van der Waals surface area contributed by atoms with Crippen LogP contribution in [0.15, 0.2) is 41.4 Å². The number of amidine groups is 1. The number of ether oxygens (including phenoxy) is 3. The summed E-state index contributed by atoms with van der Waals surface area (Å²) in [5.74, 6) is 3.03. The van der Waals surface area contributed by atoms with E-state index in [0.717, 1.165) is 34.1 Å². The van der Waals surface area contributed by atoms with E-state index in [4.69, 9.17) is 19.2 Å². The topological polar surface area (TPSA) is 63.6 Å². The lowest BCUT2D eigenvalue weighted by Crippen LogP contribution is -2.56. The molecule has 0 radical (unpaired) electrons. The van der Waals surface area contributed by atoms with Gasteiger partial charge in [-0.2, -0.15) is 0 Å². The third-order valence-corrected chi connectivity index (χ3v) is 5.51. The van der Waals surface area contributed by atoms with Gasteiger partial charge in [0.15, 0.2) is 5.75 Å². The van der Waals surface area contributed by atoms with E-state index < -0.39 is 0 Å². The lowest BCUT2D eigenvalue weighted by atomic mass is 10.1. The van der Waals surface area contributed by atoms with Crippen LogP contribution in [0.25, 0.3) is 0 Å². The number of aryl methyl sites for hydroxylation is 1. The maximum Gasteiger partial charge on any atom is 0.248 e. The van der Waals surface area contributed by atoms with Crippen molar-refractivity contribution in [2.75, 3.05) is 40.5 Å². The number of methoxy groups -OCH3 is 2. The number of benzene rings is 2. The second-order valence-corrected chi connectivity index (χ2v) is 7.69. The van der Waals surface area contributed by atoms with Crippen LogP contribution in [-0.4, -0.2) is 68.0 Å². The summed E-state index contributed by atoms with van der Waals surface area (Å²) in [7, 11) is 3.19. The van der Waals surface area contributed by atoms with Crippen molar-refractivity contribution in [3.05, 3.63) is 47.5 Å². The highest BCUT2D eigenvalue weighted by Gasteiger charge is 2.31. The summed E-state index contributed by atoms with van der Waals surface area (Å²) in [4.78, 5) is 21.4. The van der Waals surface area contributed by atoms with Crippen molar-refractivity contribution in [3.8, 4) is 17.2 Å². The lowest BCUT2D eigenvalue weighted by molar-refractivity contribution is -0.138. The van der Waals surface area contributed by atoms with Gasteiger partial charge in [-0.15, -0.1) is 0 Å². The minimum atomic E-state index is 0.0155. The zero-order valence-electron chi connectivity index (χ0n) is 17.8. The van der Waals surface area contributed by atoms with Crippen LogP contribution < -0.4 is 9.47 Å². The molecule has 1 saturated heterocycles. The maximum atomic E-state index is 12.3. The second-order valence-electron chi connectivity index (χ2n) is 7.69. The van der Waals surface area contributed by atoms with E-state index in [1.165, 1.54) is 0 Å². The Bertz CT molecular complexity index is 988. The molecule has 0 N–H and O–H groups in total. The highest BCUT2D eigenvalue weighted by atomic mass is 16.5. The zero-order chi connectivity index (χ0) is 21.3. The molecule has 0 saturated carbocycles. The Labute approximate surface area is 176 Å². The number of piperazine rings is 1. The Kier molecular flexibility index (Phi) is 5.63. The number of hydrogen-bond donors (Lipinski definition) is 0. The van der Waals surface area contributed by atoms with Crippen LogP contribution in [-0.2, 0) is 9.53 Å². The lowest BCUT2D eigenvalue weighted by Gasteiger charge is -2.41. The van der Waals surface area contributed by atoms with Crippen molar-refractivity contribution in [1.29, 1.82) is 0 Å². The molecule has 30 heavy (non-hydrogen) atoms. The summed E-state index contributed by atoms with van der Waals surface area (Å²) in [6.07, 6.45) is 0. The molecule has 2 aliphatic heterocycles. The van der Waals surface area contributed by atoms with Crippen molar-refractivity contribution >= 4 is 17.4 Å². The molecule has 4 rings (SSSR count). The average molecular weight is 409 g/mol. The van der Waals surface area contributed by atoms with Crippen molar-refractivity contribution in [1.82, 2.24) is 9.80 Å². The number of carbonyl (C=O) groups excluding carboxylic acids is 1. The minimum Gasteiger partial charge on any atom is -0.497 e. The first-order valence-corrected chi connectivity index (χ1v) is 10.1. The molecule has 0 spiro atoms. The summed E-state index contributed by atoms with van der Waals surface area (Å²) in [5.41, 5.74) is 2.81. The first-order valence-electron chi connectivity index (χ1n) is 10.1. The van der Waals surface area contributed by atoms with Crippen LogP contribution in [0.5, 0.6) is 17.2 Å². The largest absolute Gasteiger partial charge is 0.497 e. The summed E-state index contributed by atoms with van der Waals surface area (Å²) in [5, 5.41) is 0. The van der Waals surface area contributed by atoms with Crippen LogP contribution in [0, 0.1) is 6.92 Å². The molecule has 158 valence electrons. The molecule has 0 aromatic heterocycles. The van der Waals surface area contributed by atoms with Gasteiger partial charge in [0.25, 0.3) is 0 Å². The molecular formula is C23H27N3O4. The van der Waals surface area contributed by atoms with Crippen molar-refractivity contribution in [2.45, 2.75) is 19.9 Å². The molecule has 0 aliphatic carbocycles. The van der Waals surface area contributed by atoms with Gasteiger partial charge in [0.1, 0.15) is 29.6 Å². The van der Waals surface area contributed by atoms with Gasteiger partial charge in [0, 0.05) is 38.9 Å². The smallest absolute Gasteiger partial charge is 0.248 e. The molecule has 2 aromatic rings. The highest BCUT2D eigenvalue weighted by Crippen LogP contribution is 2.40. The van der Waals surface area contributed by atoms with E-state index in [9.17, 15) is 4.79 Å². The first-order chi connectivity index (χ1) is 14.5. The van der Waals surface area contributed by atoms with Gasteiger partial charge in [-0.05, 0) is 43.7 Å². The second kappa shape index (κ2) is 8.36. The van der Waals surface area contributed by atoms with E-state index in [1.54, 1.807) is 14.2 Å². The van der Waals surface area contributed by atoms with Crippen LogP contribution in [0.1, 0.15) is 18.1 Å². The Morgan fingerprint density at radius 3 is 2.73 bits per heavy atom. The summed E-state index contributed by atoms with van der Waals surface area (Å²) >= 11 is 0. The van der Waals surface area contributed by atoms with Gasteiger partial charge in [-0.25, -0.2) is 4.99 Å². The van der Waals surface area contributed by atoms with Crippen molar-refractivity contribution in [3.63, 3.8) is 0 Å². The van der Waals surface area contributed by atoms with E-state index in [1.807, 2.05) is 48.2 Å². The average Bonchev–Trinajstić information content (AvgIpc) is 2.89. The molecule has 1 amide bonds. The Balaban J connectivity index is 1.71. The molecule has 0 bridgehead atoms. The fourth-order valence-corrected chi connectivity index (χ4v) is 3.95. The highest BCUT2D eigenvalue weighted by molar-refractivity contribution is 6.04. The van der Waals surface area contributed by atoms with Gasteiger partial charge in [-0.1, -0.05) is 6.07 Å². The fourth-order valence-electron chi connectivity index (χ4n) is 3.95. The Hall–Kier alpha value is -3.06. The standard InChI is InChI=1S/C23H27N3O4/c1-15-5-8-19-21(11-15)30-20-12-17(29-4)6-7-18(20)23(24-19)25-9-10-26(16(2)13-25)22(27)14-28-3/h5-8,11-12,16H,9-10,13-14H2,1-4H3. The van der Waals surface area contributed by atoms with Crippen molar-refractivity contribution in [2.24, 2.45) is 4.99 Å². The number of rotatable bonds is 3. The maximum absolute atomic E-state index is 12.3. The van der Waals surface area contributed by atoms with Gasteiger partial charge in [0.2, 0.25) is 5.91 Å². The quantitative estimate of drug-likeness (QED) is 0.778. The monoisotopic (exact) mass is 409 g/mol. The number of aliphatic imine (C=N–C) groups is 1. The number of nitrogens with zero attached hydrogens (tertiary/aromatic N) is 3. The molecular weight excluding hydrogens is 382 g/mol. The molecule has 1 atom stereocenters. The van der Waals surface area contributed by atoms with Crippen LogP contribution in [0.4, 0.5) is 5.69 Å². The first kappa shape index (κ1) is 20.2. The van der Waals surface area contributed by atoms with E-state index >= 15 is 0 Å². The van der Waals surface area contributed by atoms with Gasteiger partial charge in [0.05, 0.1) is 12.7 Å². The fraction of sp³-hybridized carbons (Fsp3) is 0.391. The third kappa shape index (κ3) is 3.85. The summed E-state index contributed by atoms with van der Waals surface area (Å²) in [6, 6.07) is 11.9. The van der Waals surface area contributed by atoms with E-state index in [2.05, 4.69) is 11.8 Å². The molecule has 1 unspecified atom stereocenters. The molecule has 7 heteroatoms. The van der Waals surface area contributed by atoms with Gasteiger partial charge < -0.3 is 24.0 Å². The van der Waals surface area contributed by atoms with Crippen LogP contribution in [0.2, 0.25) is 0 Å².